The van der Waals surface area contributed by atoms with Gasteiger partial charge in [-0.1, -0.05) is 11.6 Å². The molecule has 0 bridgehead atoms. The molecule has 5 nitrogen and oxygen atoms in total. The third-order valence-corrected chi connectivity index (χ3v) is 4.01. The highest BCUT2D eigenvalue weighted by Crippen LogP contribution is 2.19. The standard InChI is InChI=1S/C15H23ClN4O/c1-15(2,3)20-7-5-19(6-8-20)14(21)11-9-12(16)18-13(10-11)17-4/h9-10H,5-8H2,1-4H3,(H,17,18). The Labute approximate surface area is 131 Å². The first-order valence-electron chi connectivity index (χ1n) is 7.21. The van der Waals surface area contributed by atoms with Crippen molar-refractivity contribution in [2.24, 2.45) is 0 Å². The van der Waals surface area contributed by atoms with Gasteiger partial charge >= 0.3 is 0 Å². The molecular weight excluding hydrogens is 288 g/mol. The molecule has 0 spiro atoms. The zero-order valence-corrected chi connectivity index (χ0v) is 13.9. The highest BCUT2D eigenvalue weighted by molar-refractivity contribution is 6.29. The first kappa shape index (κ1) is 16.0. The summed E-state index contributed by atoms with van der Waals surface area (Å²) in [7, 11) is 1.76. The molecule has 0 aromatic carbocycles. The fraction of sp³-hybridized carbons (Fsp3) is 0.600. The van der Waals surface area contributed by atoms with Crippen molar-refractivity contribution >= 4 is 23.3 Å². The van der Waals surface area contributed by atoms with E-state index in [1.165, 1.54) is 0 Å². The van der Waals surface area contributed by atoms with Crippen molar-refractivity contribution in [2.45, 2.75) is 26.3 Å². The first-order chi connectivity index (χ1) is 9.81. The van der Waals surface area contributed by atoms with Crippen LogP contribution >= 0.6 is 11.6 Å². The predicted molar refractivity (Wildman–Crippen MR) is 86.0 cm³/mol. The van der Waals surface area contributed by atoms with Crippen LogP contribution in [-0.4, -0.2) is 59.5 Å². The van der Waals surface area contributed by atoms with Gasteiger partial charge < -0.3 is 10.2 Å². The molecular formula is C15H23ClN4O. The molecule has 1 fully saturated rings. The van der Waals surface area contributed by atoms with Crippen molar-refractivity contribution in [3.63, 3.8) is 0 Å². The van der Waals surface area contributed by atoms with Gasteiger partial charge in [-0.2, -0.15) is 0 Å². The summed E-state index contributed by atoms with van der Waals surface area (Å²) < 4.78 is 0. The average molecular weight is 311 g/mol. The number of aromatic nitrogens is 1. The van der Waals surface area contributed by atoms with Gasteiger partial charge in [-0.05, 0) is 32.9 Å². The zero-order chi connectivity index (χ0) is 15.6. The molecule has 2 heterocycles. The number of amides is 1. The maximum Gasteiger partial charge on any atom is 0.254 e. The number of rotatable bonds is 2. The van der Waals surface area contributed by atoms with Crippen LogP contribution in [0.5, 0.6) is 0 Å². The van der Waals surface area contributed by atoms with Gasteiger partial charge in [-0.3, -0.25) is 9.69 Å². The minimum atomic E-state index is 0.0179. The van der Waals surface area contributed by atoms with E-state index in [1.54, 1.807) is 19.2 Å². The molecule has 0 saturated carbocycles. The second-order valence-corrected chi connectivity index (χ2v) is 6.65. The second kappa shape index (κ2) is 6.20. The monoisotopic (exact) mass is 310 g/mol. The maximum atomic E-state index is 12.6. The number of nitrogens with one attached hydrogen (secondary N) is 1. The third-order valence-electron chi connectivity index (χ3n) is 3.81. The van der Waals surface area contributed by atoms with Crippen molar-refractivity contribution in [3.8, 4) is 0 Å². The van der Waals surface area contributed by atoms with E-state index in [1.807, 2.05) is 4.90 Å². The number of carbonyl (C=O) groups is 1. The van der Waals surface area contributed by atoms with Gasteiger partial charge in [0.15, 0.2) is 0 Å². The lowest BCUT2D eigenvalue weighted by Crippen LogP contribution is -2.54. The lowest BCUT2D eigenvalue weighted by molar-refractivity contribution is 0.0451. The third kappa shape index (κ3) is 3.86. The number of hydrogen-bond acceptors (Lipinski definition) is 4. The molecule has 1 aliphatic rings. The minimum absolute atomic E-state index is 0.0179. The predicted octanol–water partition coefficient (Wildman–Crippen LogP) is 2.33. The number of carbonyl (C=O) groups excluding carboxylic acids is 1. The van der Waals surface area contributed by atoms with Crippen LogP contribution < -0.4 is 5.32 Å². The van der Waals surface area contributed by atoms with E-state index in [2.05, 4.69) is 36.0 Å². The van der Waals surface area contributed by atoms with Crippen LogP contribution in [-0.2, 0) is 0 Å². The van der Waals surface area contributed by atoms with E-state index in [4.69, 9.17) is 11.6 Å². The lowest BCUT2D eigenvalue weighted by atomic mass is 10.0. The number of anilines is 1. The summed E-state index contributed by atoms with van der Waals surface area (Å²) in [5.74, 6) is 0.628. The average Bonchev–Trinajstić information content (AvgIpc) is 2.45. The molecule has 1 amide bonds. The van der Waals surface area contributed by atoms with Crippen molar-refractivity contribution in [1.82, 2.24) is 14.8 Å². The van der Waals surface area contributed by atoms with Crippen LogP contribution in [0.15, 0.2) is 12.1 Å². The molecule has 1 aliphatic heterocycles. The van der Waals surface area contributed by atoms with Gasteiger partial charge in [-0.15, -0.1) is 0 Å². The Kier molecular flexibility index (Phi) is 4.74. The Morgan fingerprint density at radius 2 is 1.86 bits per heavy atom. The van der Waals surface area contributed by atoms with Crippen LogP contribution in [0.1, 0.15) is 31.1 Å². The fourth-order valence-corrected chi connectivity index (χ4v) is 2.72. The van der Waals surface area contributed by atoms with E-state index < -0.39 is 0 Å². The summed E-state index contributed by atoms with van der Waals surface area (Å²) in [6.07, 6.45) is 0. The van der Waals surface area contributed by atoms with Crippen LogP contribution in [0.2, 0.25) is 5.15 Å². The van der Waals surface area contributed by atoms with Gasteiger partial charge in [-0.25, -0.2) is 4.98 Å². The highest BCUT2D eigenvalue weighted by Gasteiger charge is 2.28. The number of pyridine rings is 1. The molecule has 1 N–H and O–H groups in total. The van der Waals surface area contributed by atoms with E-state index in [9.17, 15) is 4.79 Å². The Balaban J connectivity index is 2.07. The molecule has 1 saturated heterocycles. The van der Waals surface area contributed by atoms with Gasteiger partial charge in [0.05, 0.1) is 0 Å². The molecule has 6 heteroatoms. The first-order valence-corrected chi connectivity index (χ1v) is 7.59. The minimum Gasteiger partial charge on any atom is -0.373 e. The Bertz CT molecular complexity index is 519. The van der Waals surface area contributed by atoms with Gasteiger partial charge in [0.25, 0.3) is 5.91 Å². The molecule has 0 radical (unpaired) electrons. The summed E-state index contributed by atoms with van der Waals surface area (Å²) in [5, 5.41) is 3.25. The molecule has 1 aromatic rings. The maximum absolute atomic E-state index is 12.6. The van der Waals surface area contributed by atoms with Crippen LogP contribution in [0.4, 0.5) is 5.82 Å². The summed E-state index contributed by atoms with van der Waals surface area (Å²) in [6, 6.07) is 3.37. The Morgan fingerprint density at radius 1 is 1.24 bits per heavy atom. The van der Waals surface area contributed by atoms with E-state index >= 15 is 0 Å². The summed E-state index contributed by atoms with van der Waals surface area (Å²) in [5.41, 5.74) is 0.734. The molecule has 0 unspecified atom stereocenters. The van der Waals surface area contributed by atoms with Crippen molar-refractivity contribution in [3.05, 3.63) is 22.8 Å². The number of halogens is 1. The summed E-state index contributed by atoms with van der Waals surface area (Å²) >= 11 is 5.96. The van der Waals surface area contributed by atoms with Crippen LogP contribution in [0.25, 0.3) is 0 Å². The molecule has 21 heavy (non-hydrogen) atoms. The second-order valence-electron chi connectivity index (χ2n) is 6.26. The van der Waals surface area contributed by atoms with Gasteiger partial charge in [0.1, 0.15) is 11.0 Å². The number of nitrogens with zero attached hydrogens (tertiary/aromatic N) is 3. The van der Waals surface area contributed by atoms with Crippen molar-refractivity contribution in [1.29, 1.82) is 0 Å². The van der Waals surface area contributed by atoms with E-state index in [-0.39, 0.29) is 11.4 Å². The van der Waals surface area contributed by atoms with Gasteiger partial charge in [0, 0.05) is 44.3 Å². The van der Waals surface area contributed by atoms with Crippen molar-refractivity contribution < 1.29 is 4.79 Å². The SMILES string of the molecule is CNc1cc(C(=O)N2CCN(C(C)(C)C)CC2)cc(Cl)n1. The topological polar surface area (TPSA) is 48.5 Å². The Morgan fingerprint density at radius 3 is 2.38 bits per heavy atom. The largest absolute Gasteiger partial charge is 0.373 e. The van der Waals surface area contributed by atoms with Crippen molar-refractivity contribution in [2.75, 3.05) is 38.5 Å². The fourth-order valence-electron chi connectivity index (χ4n) is 2.51. The van der Waals surface area contributed by atoms with E-state index in [0.29, 0.717) is 16.5 Å². The molecule has 0 atom stereocenters. The lowest BCUT2D eigenvalue weighted by Gasteiger charge is -2.42. The molecule has 116 valence electrons. The normalized spacial score (nSPS) is 16.9. The smallest absolute Gasteiger partial charge is 0.254 e. The van der Waals surface area contributed by atoms with Gasteiger partial charge in [0.2, 0.25) is 0 Å². The summed E-state index contributed by atoms with van der Waals surface area (Å²) in [4.78, 5) is 20.9. The Hall–Kier alpha value is -1.33. The number of hydrogen-bond donors (Lipinski definition) is 1. The molecule has 1 aromatic heterocycles. The highest BCUT2D eigenvalue weighted by atomic mass is 35.5. The van der Waals surface area contributed by atoms with Crippen LogP contribution in [0.3, 0.4) is 0 Å². The van der Waals surface area contributed by atoms with Crippen LogP contribution in [0, 0.1) is 0 Å². The number of piperazine rings is 1. The molecule has 0 aliphatic carbocycles. The zero-order valence-electron chi connectivity index (χ0n) is 13.1. The van der Waals surface area contributed by atoms with E-state index in [0.717, 1.165) is 26.2 Å². The molecule has 2 rings (SSSR count). The quantitative estimate of drug-likeness (QED) is 0.852. The summed E-state index contributed by atoms with van der Waals surface area (Å²) in [6.45, 7) is 9.88.